The molecule has 2 aromatic heterocycles. The number of nitrogens with two attached hydrogens (primary N) is 1. The molecule has 0 spiro atoms. The topological polar surface area (TPSA) is 104 Å². The predicted octanol–water partition coefficient (Wildman–Crippen LogP) is 2.57. The number of halogens is 1. The summed E-state index contributed by atoms with van der Waals surface area (Å²) in [4.78, 5) is 12.4. The third-order valence-corrected chi connectivity index (χ3v) is 4.92. The molecule has 2 heterocycles. The molecular formula is C16H18ClN7OS. The third kappa shape index (κ3) is 3.83. The maximum atomic E-state index is 12.4. The van der Waals surface area contributed by atoms with E-state index in [-0.39, 0.29) is 5.91 Å². The standard InChI is InChI=1S/C16H18ClN7OS/c1-9-8-10(2)24(22-9)15-20-21-16(23(15)18)26-11(3)14(25)19-13-6-4-12(17)5-7-13/h4-8,11H,18H2,1-3H3,(H,19,25)/t11-/m0/s1. The fourth-order valence-corrected chi connectivity index (χ4v) is 3.21. The normalized spacial score (nSPS) is 12.2. The SMILES string of the molecule is Cc1cc(C)n(-c2nnc(S[C@@H](C)C(=O)Nc3ccc(Cl)cc3)n2N)n1. The van der Waals surface area contributed by atoms with E-state index in [1.165, 1.54) is 16.4 Å². The van der Waals surface area contributed by atoms with Crippen LogP contribution in [0, 0.1) is 13.8 Å². The first-order valence-electron chi connectivity index (χ1n) is 7.82. The first-order chi connectivity index (χ1) is 12.3. The van der Waals surface area contributed by atoms with Crippen molar-refractivity contribution in [3.05, 3.63) is 46.7 Å². The largest absolute Gasteiger partial charge is 0.334 e. The van der Waals surface area contributed by atoms with Crippen LogP contribution in [0.2, 0.25) is 5.02 Å². The average Bonchev–Trinajstić information content (AvgIpc) is 3.11. The molecule has 0 aliphatic rings. The Balaban J connectivity index is 1.71. The summed E-state index contributed by atoms with van der Waals surface area (Å²) < 4.78 is 2.95. The zero-order valence-corrected chi connectivity index (χ0v) is 16.0. The van der Waals surface area contributed by atoms with Crippen molar-refractivity contribution in [3.8, 4) is 5.95 Å². The average molecular weight is 392 g/mol. The molecule has 3 aromatic rings. The van der Waals surface area contributed by atoms with Crippen LogP contribution in [0.3, 0.4) is 0 Å². The number of rotatable bonds is 5. The fourth-order valence-electron chi connectivity index (χ4n) is 2.31. The van der Waals surface area contributed by atoms with Crippen LogP contribution in [0.4, 0.5) is 5.69 Å². The van der Waals surface area contributed by atoms with Crippen molar-refractivity contribution in [2.45, 2.75) is 31.2 Å². The number of carbonyl (C=O) groups is 1. The van der Waals surface area contributed by atoms with E-state index in [0.29, 0.717) is 21.8 Å². The number of amides is 1. The Morgan fingerprint density at radius 3 is 2.58 bits per heavy atom. The fraction of sp³-hybridized carbons (Fsp3) is 0.250. The molecule has 1 amide bonds. The van der Waals surface area contributed by atoms with Gasteiger partial charge >= 0.3 is 0 Å². The van der Waals surface area contributed by atoms with Gasteiger partial charge in [-0.05, 0) is 51.1 Å². The first-order valence-corrected chi connectivity index (χ1v) is 9.08. The number of hydrogen-bond acceptors (Lipinski definition) is 6. The molecule has 0 fully saturated rings. The second kappa shape index (κ2) is 7.38. The van der Waals surface area contributed by atoms with Crippen LogP contribution in [-0.2, 0) is 4.79 Å². The molecule has 26 heavy (non-hydrogen) atoms. The quantitative estimate of drug-likeness (QED) is 0.511. The van der Waals surface area contributed by atoms with E-state index in [4.69, 9.17) is 17.4 Å². The molecule has 3 rings (SSSR count). The number of nitrogens with one attached hydrogen (secondary N) is 1. The molecule has 0 bridgehead atoms. The van der Waals surface area contributed by atoms with Gasteiger partial charge in [-0.2, -0.15) is 5.10 Å². The highest BCUT2D eigenvalue weighted by Crippen LogP contribution is 2.23. The number of nitrogen functional groups attached to an aromatic ring is 1. The molecule has 8 nitrogen and oxygen atoms in total. The van der Waals surface area contributed by atoms with Crippen molar-refractivity contribution < 1.29 is 4.79 Å². The molecule has 0 aliphatic carbocycles. The van der Waals surface area contributed by atoms with Crippen molar-refractivity contribution in [3.63, 3.8) is 0 Å². The Bertz CT molecular complexity index is 935. The van der Waals surface area contributed by atoms with Crippen LogP contribution in [0.15, 0.2) is 35.5 Å². The van der Waals surface area contributed by atoms with E-state index in [2.05, 4.69) is 20.6 Å². The Hall–Kier alpha value is -2.52. The summed E-state index contributed by atoms with van der Waals surface area (Å²) in [5.74, 6) is 6.31. The van der Waals surface area contributed by atoms with E-state index in [1.807, 2.05) is 19.9 Å². The Kier molecular flexibility index (Phi) is 5.19. The summed E-state index contributed by atoms with van der Waals surface area (Å²) in [5.41, 5.74) is 2.42. The zero-order valence-electron chi connectivity index (χ0n) is 14.5. The molecular weight excluding hydrogens is 374 g/mol. The van der Waals surface area contributed by atoms with Crippen molar-refractivity contribution in [2.24, 2.45) is 0 Å². The maximum absolute atomic E-state index is 12.4. The molecule has 0 unspecified atom stereocenters. The van der Waals surface area contributed by atoms with Crippen LogP contribution in [0.5, 0.6) is 0 Å². The van der Waals surface area contributed by atoms with E-state index in [1.54, 1.807) is 35.9 Å². The molecule has 136 valence electrons. The summed E-state index contributed by atoms with van der Waals surface area (Å²) >= 11 is 7.06. The smallest absolute Gasteiger partial charge is 0.271 e. The summed E-state index contributed by atoms with van der Waals surface area (Å²) in [6, 6.07) is 8.83. The van der Waals surface area contributed by atoms with Crippen molar-refractivity contribution in [2.75, 3.05) is 11.2 Å². The van der Waals surface area contributed by atoms with Gasteiger partial charge in [0.05, 0.1) is 10.9 Å². The third-order valence-electron chi connectivity index (χ3n) is 3.61. The molecule has 0 aliphatic heterocycles. The van der Waals surface area contributed by atoms with E-state index in [0.717, 1.165) is 11.4 Å². The lowest BCUT2D eigenvalue weighted by molar-refractivity contribution is -0.115. The Labute approximate surface area is 159 Å². The number of carbonyl (C=O) groups excluding carboxylic acids is 1. The number of thioether (sulfide) groups is 1. The summed E-state index contributed by atoms with van der Waals surface area (Å²) in [6.07, 6.45) is 0. The zero-order chi connectivity index (χ0) is 18.8. The van der Waals surface area contributed by atoms with Gasteiger partial charge in [0, 0.05) is 16.4 Å². The van der Waals surface area contributed by atoms with Gasteiger partial charge in [-0.15, -0.1) is 10.2 Å². The number of aromatic nitrogens is 5. The molecule has 3 N–H and O–H groups in total. The number of hydrogen-bond donors (Lipinski definition) is 2. The van der Waals surface area contributed by atoms with E-state index in [9.17, 15) is 4.79 Å². The van der Waals surface area contributed by atoms with Gasteiger partial charge < -0.3 is 11.2 Å². The highest BCUT2D eigenvalue weighted by molar-refractivity contribution is 8.00. The maximum Gasteiger partial charge on any atom is 0.271 e. The number of benzene rings is 1. The molecule has 0 saturated carbocycles. The molecule has 1 atom stereocenters. The highest BCUT2D eigenvalue weighted by Gasteiger charge is 2.21. The minimum absolute atomic E-state index is 0.173. The van der Waals surface area contributed by atoms with Gasteiger partial charge in [0.15, 0.2) is 0 Å². The van der Waals surface area contributed by atoms with Crippen LogP contribution < -0.4 is 11.2 Å². The number of nitrogens with zero attached hydrogens (tertiary/aromatic N) is 5. The second-order valence-electron chi connectivity index (χ2n) is 5.75. The van der Waals surface area contributed by atoms with Gasteiger partial charge in [0.1, 0.15) is 0 Å². The monoisotopic (exact) mass is 391 g/mol. The first kappa shape index (κ1) is 18.3. The van der Waals surface area contributed by atoms with Gasteiger partial charge in [0.2, 0.25) is 11.1 Å². The summed E-state index contributed by atoms with van der Waals surface area (Å²) in [6.45, 7) is 5.57. The van der Waals surface area contributed by atoms with Crippen LogP contribution in [-0.4, -0.2) is 35.8 Å². The number of aryl methyl sites for hydroxylation is 2. The van der Waals surface area contributed by atoms with Crippen LogP contribution >= 0.6 is 23.4 Å². The lowest BCUT2D eigenvalue weighted by Gasteiger charge is -2.11. The van der Waals surface area contributed by atoms with Gasteiger partial charge in [-0.3, -0.25) is 4.79 Å². The van der Waals surface area contributed by atoms with Crippen molar-refractivity contribution >= 4 is 35.0 Å². The van der Waals surface area contributed by atoms with E-state index < -0.39 is 5.25 Å². The highest BCUT2D eigenvalue weighted by atomic mass is 35.5. The lowest BCUT2D eigenvalue weighted by atomic mass is 10.3. The summed E-state index contributed by atoms with van der Waals surface area (Å²) in [7, 11) is 0. The Morgan fingerprint density at radius 2 is 1.96 bits per heavy atom. The molecule has 1 aromatic carbocycles. The lowest BCUT2D eigenvalue weighted by Crippen LogP contribution is -2.24. The minimum atomic E-state index is -0.425. The van der Waals surface area contributed by atoms with E-state index >= 15 is 0 Å². The minimum Gasteiger partial charge on any atom is -0.334 e. The van der Waals surface area contributed by atoms with Crippen molar-refractivity contribution in [1.29, 1.82) is 0 Å². The van der Waals surface area contributed by atoms with Crippen LogP contribution in [0.25, 0.3) is 5.95 Å². The van der Waals surface area contributed by atoms with Crippen molar-refractivity contribution in [1.82, 2.24) is 24.7 Å². The second-order valence-corrected chi connectivity index (χ2v) is 7.49. The van der Waals surface area contributed by atoms with Gasteiger partial charge in [0.25, 0.3) is 5.95 Å². The number of anilines is 1. The van der Waals surface area contributed by atoms with Gasteiger partial charge in [-0.25, -0.2) is 9.36 Å². The molecule has 0 saturated heterocycles. The Morgan fingerprint density at radius 1 is 1.27 bits per heavy atom. The molecule has 10 heteroatoms. The van der Waals surface area contributed by atoms with Crippen LogP contribution in [0.1, 0.15) is 18.3 Å². The predicted molar refractivity (Wildman–Crippen MR) is 102 cm³/mol. The van der Waals surface area contributed by atoms with Gasteiger partial charge in [-0.1, -0.05) is 23.4 Å². The summed E-state index contributed by atoms with van der Waals surface area (Å²) in [5, 5.41) is 15.9. The molecule has 0 radical (unpaired) electrons.